The van der Waals surface area contributed by atoms with Crippen molar-refractivity contribution < 1.29 is 118 Å². The lowest BCUT2D eigenvalue weighted by atomic mass is 9.75. The number of hydrogen-bond donors (Lipinski definition) is 11. The highest BCUT2D eigenvalue weighted by atomic mass is 16.7. The number of carbonyl (C=O) groups excluding carboxylic acids is 2. The quantitative estimate of drug-likeness (QED) is 0.110. The van der Waals surface area contributed by atoms with Crippen molar-refractivity contribution in [1.82, 2.24) is 0 Å². The molecule has 0 spiro atoms. The molecule has 25 atom stereocenters. The number of Topliss-reactive ketones (excluding diaryl/α,β-unsaturated/α-hetero) is 2. The second-order valence-corrected chi connectivity index (χ2v) is 21.7. The van der Waals surface area contributed by atoms with Gasteiger partial charge in [-0.05, 0) is 84.9 Å². The smallest absolute Gasteiger partial charge is 0.202 e. The second kappa shape index (κ2) is 23.4. The summed E-state index contributed by atoms with van der Waals surface area (Å²) in [5.41, 5.74) is -1.47. The monoisotopic (exact) mass is 1080 g/mol. The third-order valence-corrected chi connectivity index (χ3v) is 15.9. The normalized spacial score (nSPS) is 42.5. The highest BCUT2D eigenvalue weighted by Crippen LogP contribution is 2.47. The zero-order valence-corrected chi connectivity index (χ0v) is 44.0. The number of benzene rings is 2. The van der Waals surface area contributed by atoms with Crippen molar-refractivity contribution in [2.75, 3.05) is 7.11 Å². The maximum Gasteiger partial charge on any atom is 0.202 e. The summed E-state index contributed by atoms with van der Waals surface area (Å²) in [6.07, 6.45) is -27.0. The lowest BCUT2D eigenvalue weighted by Crippen LogP contribution is -2.58. The number of carbonyl (C=O) groups is 2. The Hall–Kier alpha value is -3.32. The van der Waals surface area contributed by atoms with E-state index in [0.717, 1.165) is 0 Å². The van der Waals surface area contributed by atoms with Gasteiger partial charge in [-0.15, -0.1) is 0 Å². The SMILES string of the molecule is CO[C@@H](C(=O)[C@H](O)[C@@H](C)O)[C@H]1Cc2cc3cc(O[C@@H]4C[C@H](O[C@@H]5C[C@H](O)[C@H](O)[C@@H](C)O5)[C@H](O)[C@@H](C)O4)c(C)c(O)c3c(O)c2C(=O)[C@H]1O[C@@H]1C[C@H](O[C@H]2C[C@@H](O[C@H]3C[C@@](C)(O)[C@@H](O)[C@H](C)O3)[C@@H](O)[C@H](C)O2)[C@@H](O)[C@@H](C)O1. The number of aliphatic hydroxyl groups excluding tert-OH is 8. The van der Waals surface area contributed by atoms with Gasteiger partial charge in [-0.25, -0.2) is 0 Å². The zero-order valence-electron chi connectivity index (χ0n) is 44.0. The average Bonchev–Trinajstić information content (AvgIpc) is 3.38. The molecule has 24 heteroatoms. The molecule has 8 rings (SSSR count). The van der Waals surface area contributed by atoms with E-state index in [9.17, 15) is 61.0 Å². The first kappa shape index (κ1) is 58.8. The fourth-order valence-corrected chi connectivity index (χ4v) is 11.3. The van der Waals surface area contributed by atoms with Gasteiger partial charge in [0.2, 0.25) is 6.29 Å². The van der Waals surface area contributed by atoms with Crippen molar-refractivity contribution >= 4 is 22.3 Å². The van der Waals surface area contributed by atoms with Gasteiger partial charge >= 0.3 is 0 Å². The molecule has 0 amide bonds. The van der Waals surface area contributed by atoms with Crippen molar-refractivity contribution in [1.29, 1.82) is 0 Å². The topological polar surface area (TPSA) is 358 Å². The fourth-order valence-electron chi connectivity index (χ4n) is 11.3. The van der Waals surface area contributed by atoms with Crippen LogP contribution >= 0.6 is 0 Å². The zero-order chi connectivity index (χ0) is 55.6. The van der Waals surface area contributed by atoms with Gasteiger partial charge in [0.1, 0.15) is 66.1 Å². The number of methoxy groups -OCH3 is 1. The van der Waals surface area contributed by atoms with Gasteiger partial charge in [0.05, 0.1) is 77.6 Å². The van der Waals surface area contributed by atoms with Crippen LogP contribution in [0.2, 0.25) is 0 Å². The minimum atomic E-state index is -1.95. The third-order valence-electron chi connectivity index (χ3n) is 15.9. The molecule has 5 saturated heterocycles. The highest BCUT2D eigenvalue weighted by Gasteiger charge is 2.51. The Morgan fingerprint density at radius 1 is 0.684 bits per heavy atom. The molecule has 2 aromatic carbocycles. The number of fused-ring (bicyclic) bond motifs is 2. The van der Waals surface area contributed by atoms with Crippen molar-refractivity contribution in [3.63, 3.8) is 0 Å². The van der Waals surface area contributed by atoms with Crippen molar-refractivity contribution in [3.8, 4) is 17.2 Å². The molecule has 5 aliphatic heterocycles. The summed E-state index contributed by atoms with van der Waals surface area (Å²) in [6.45, 7) is 12.1. The van der Waals surface area contributed by atoms with E-state index in [-0.39, 0.29) is 71.7 Å². The van der Waals surface area contributed by atoms with E-state index in [4.69, 9.17) is 52.1 Å². The molecule has 428 valence electrons. The first-order valence-corrected chi connectivity index (χ1v) is 26.0. The molecular formula is C52H76O24. The summed E-state index contributed by atoms with van der Waals surface area (Å²) < 4.78 is 66.5. The molecule has 0 radical (unpaired) electrons. The van der Waals surface area contributed by atoms with Crippen LogP contribution in [0.5, 0.6) is 17.2 Å². The van der Waals surface area contributed by atoms with Gasteiger partial charge in [-0.2, -0.15) is 0 Å². The Labute approximate surface area is 439 Å². The highest BCUT2D eigenvalue weighted by molar-refractivity contribution is 6.11. The van der Waals surface area contributed by atoms with Gasteiger partial charge < -0.3 is 108 Å². The van der Waals surface area contributed by atoms with Crippen LogP contribution in [0.4, 0.5) is 0 Å². The maximum atomic E-state index is 15.0. The summed E-state index contributed by atoms with van der Waals surface area (Å²) in [5.74, 6) is -4.07. The molecule has 5 heterocycles. The van der Waals surface area contributed by atoms with Crippen molar-refractivity contribution in [3.05, 3.63) is 28.8 Å². The predicted octanol–water partition coefficient (Wildman–Crippen LogP) is -0.249. The molecule has 2 aromatic rings. The van der Waals surface area contributed by atoms with E-state index in [2.05, 4.69) is 0 Å². The van der Waals surface area contributed by atoms with E-state index < -0.39 is 176 Å². The molecule has 1 aliphatic carbocycles. The fraction of sp³-hybridized carbons (Fsp3) is 0.769. The summed E-state index contributed by atoms with van der Waals surface area (Å²) >= 11 is 0. The Morgan fingerprint density at radius 3 is 1.70 bits per heavy atom. The van der Waals surface area contributed by atoms with Crippen LogP contribution in [0.25, 0.3) is 10.8 Å². The number of hydrogen-bond acceptors (Lipinski definition) is 24. The maximum absolute atomic E-state index is 15.0. The predicted molar refractivity (Wildman–Crippen MR) is 259 cm³/mol. The summed E-state index contributed by atoms with van der Waals surface area (Å²) in [6, 6.07) is 3.03. The van der Waals surface area contributed by atoms with Crippen LogP contribution < -0.4 is 4.74 Å². The van der Waals surface area contributed by atoms with Crippen LogP contribution in [0.15, 0.2) is 12.1 Å². The Kier molecular flexibility index (Phi) is 18.1. The molecule has 5 fully saturated rings. The van der Waals surface area contributed by atoms with Crippen LogP contribution in [0.1, 0.15) is 102 Å². The molecular weight excluding hydrogens is 1010 g/mol. The molecule has 0 bridgehead atoms. The van der Waals surface area contributed by atoms with Crippen molar-refractivity contribution in [2.45, 2.75) is 241 Å². The number of phenolic OH excluding ortho intramolecular Hbond substituents is 2. The Balaban J connectivity index is 1.04. The van der Waals surface area contributed by atoms with E-state index in [1.165, 1.54) is 46.9 Å². The van der Waals surface area contributed by atoms with Crippen LogP contribution in [-0.4, -0.2) is 222 Å². The molecule has 0 unspecified atom stereocenters. The minimum Gasteiger partial charge on any atom is -0.507 e. The number of rotatable bonds is 15. The van der Waals surface area contributed by atoms with Crippen LogP contribution in [0, 0.1) is 12.8 Å². The molecule has 6 aliphatic rings. The van der Waals surface area contributed by atoms with E-state index in [1.807, 2.05) is 0 Å². The minimum absolute atomic E-state index is 0.0365. The third kappa shape index (κ3) is 11.9. The summed E-state index contributed by atoms with van der Waals surface area (Å²) in [5, 5.41) is 120. The Bertz CT molecular complexity index is 2350. The number of ether oxygens (including phenoxy) is 11. The van der Waals surface area contributed by atoms with Gasteiger partial charge in [-0.1, -0.05) is 0 Å². The van der Waals surface area contributed by atoms with Gasteiger partial charge in [0.15, 0.2) is 36.7 Å². The number of aliphatic hydroxyl groups is 9. The van der Waals surface area contributed by atoms with E-state index in [0.29, 0.717) is 0 Å². The lowest BCUT2D eigenvalue weighted by molar-refractivity contribution is -0.334. The number of phenols is 2. The lowest BCUT2D eigenvalue weighted by Gasteiger charge is -2.46. The molecule has 24 nitrogen and oxygen atoms in total. The molecule has 0 aromatic heterocycles. The number of aromatic hydroxyl groups is 2. The average molecular weight is 1090 g/mol. The van der Waals surface area contributed by atoms with Gasteiger partial charge in [-0.3, -0.25) is 9.59 Å². The summed E-state index contributed by atoms with van der Waals surface area (Å²) in [4.78, 5) is 28.9. The largest absolute Gasteiger partial charge is 0.507 e. The standard InChI is InChI=1S/C52H76O24/c1-18-29(72-34-14-30(43(58)21(4)68-34)73-33-13-28(54)42(57)20(3)67-33)12-26-10-25-11-27(49(66-9)48(63)41(56)19(2)53)50(47(62)39(25)46(61)38(26)40(18)55)76-36-16-31(44(59)23(6)70-36)74-35-15-32(45(60)22(5)69-35)75-37-17-52(8,65)51(64)24(7)71-37/h10,12,19-24,27-28,30-37,41-45,49-51,53-61,64-65H,11,13-17H2,1-9H3/t19-,20-,21-,22+,23-,24+,27-,28+,30+,31+,32-,33-,34-,35+,36-,37+,41-,42-,43-,44+,45+,49-,50+,51+,52-/m1/s1. The molecule has 0 saturated carbocycles. The van der Waals surface area contributed by atoms with E-state index in [1.54, 1.807) is 27.7 Å². The molecule has 76 heavy (non-hydrogen) atoms. The Morgan fingerprint density at radius 2 is 1.17 bits per heavy atom. The van der Waals surface area contributed by atoms with Gasteiger partial charge in [0, 0.05) is 50.7 Å². The summed E-state index contributed by atoms with van der Waals surface area (Å²) in [7, 11) is 1.18. The van der Waals surface area contributed by atoms with Crippen LogP contribution in [-0.2, 0) is 58.6 Å². The first-order valence-electron chi connectivity index (χ1n) is 26.0. The van der Waals surface area contributed by atoms with Gasteiger partial charge in [0.25, 0.3) is 0 Å². The van der Waals surface area contributed by atoms with E-state index >= 15 is 4.79 Å². The number of ketones is 2. The van der Waals surface area contributed by atoms with Crippen molar-refractivity contribution in [2.24, 2.45) is 5.92 Å². The molecule has 11 N–H and O–H groups in total. The first-order chi connectivity index (χ1) is 35.7. The van der Waals surface area contributed by atoms with Crippen LogP contribution in [0.3, 0.4) is 0 Å². The second-order valence-electron chi connectivity index (χ2n) is 21.7.